The Morgan fingerprint density at radius 3 is 2.89 bits per heavy atom. The molecule has 0 saturated heterocycles. The number of nitriles is 1. The van der Waals surface area contributed by atoms with Crippen molar-refractivity contribution in [2.45, 2.75) is 13.0 Å². The Bertz CT molecular complexity index is 506. The third kappa shape index (κ3) is 4.03. The highest BCUT2D eigenvalue weighted by Gasteiger charge is 2.16. The zero-order valence-electron chi connectivity index (χ0n) is 11.0. The number of methoxy groups -OCH3 is 1. The van der Waals surface area contributed by atoms with E-state index >= 15 is 0 Å². The molecule has 0 saturated carbocycles. The summed E-state index contributed by atoms with van der Waals surface area (Å²) >= 11 is 0. The average molecular weight is 260 g/mol. The number of rotatable bonds is 6. The van der Waals surface area contributed by atoms with E-state index in [2.05, 4.69) is 11.9 Å². The Morgan fingerprint density at radius 2 is 2.32 bits per heavy atom. The molecule has 1 amide bonds. The molecule has 1 aromatic rings. The summed E-state index contributed by atoms with van der Waals surface area (Å²) in [6.45, 7) is 5.54. The lowest BCUT2D eigenvalue weighted by molar-refractivity contribution is -0.127. The van der Waals surface area contributed by atoms with E-state index in [1.165, 1.54) is 7.11 Å². The maximum absolute atomic E-state index is 11.7. The maximum Gasteiger partial charge on any atom is 0.261 e. The van der Waals surface area contributed by atoms with E-state index in [-0.39, 0.29) is 5.91 Å². The molecular weight excluding hydrogens is 244 g/mol. The van der Waals surface area contributed by atoms with Gasteiger partial charge in [-0.15, -0.1) is 6.58 Å². The largest absolute Gasteiger partial charge is 0.493 e. The second-order valence-corrected chi connectivity index (χ2v) is 3.77. The lowest BCUT2D eigenvalue weighted by Gasteiger charge is -2.16. The number of hydrogen-bond donors (Lipinski definition) is 1. The van der Waals surface area contributed by atoms with Crippen molar-refractivity contribution < 1.29 is 14.3 Å². The van der Waals surface area contributed by atoms with E-state index in [9.17, 15) is 4.79 Å². The highest BCUT2D eigenvalue weighted by molar-refractivity contribution is 5.80. The predicted octanol–water partition coefficient (Wildman–Crippen LogP) is 1.64. The van der Waals surface area contributed by atoms with Gasteiger partial charge in [0.05, 0.1) is 18.7 Å². The topological polar surface area (TPSA) is 71.3 Å². The lowest BCUT2D eigenvalue weighted by Crippen LogP contribution is -2.36. The number of ether oxygens (including phenoxy) is 2. The van der Waals surface area contributed by atoms with E-state index in [1.807, 2.05) is 6.07 Å². The number of hydrogen-bond acceptors (Lipinski definition) is 4. The van der Waals surface area contributed by atoms with Crippen molar-refractivity contribution in [1.82, 2.24) is 5.32 Å². The van der Waals surface area contributed by atoms with Gasteiger partial charge in [-0.3, -0.25) is 4.79 Å². The molecule has 0 aliphatic heterocycles. The van der Waals surface area contributed by atoms with Gasteiger partial charge < -0.3 is 14.8 Å². The van der Waals surface area contributed by atoms with Crippen LogP contribution in [-0.2, 0) is 4.79 Å². The Labute approximate surface area is 112 Å². The van der Waals surface area contributed by atoms with Crippen LogP contribution in [0.5, 0.6) is 11.5 Å². The van der Waals surface area contributed by atoms with Crippen LogP contribution in [0.15, 0.2) is 30.9 Å². The minimum absolute atomic E-state index is 0.244. The van der Waals surface area contributed by atoms with Crippen molar-refractivity contribution in [3.05, 3.63) is 36.4 Å². The summed E-state index contributed by atoms with van der Waals surface area (Å²) in [4.78, 5) is 11.7. The molecule has 0 aromatic heterocycles. The monoisotopic (exact) mass is 260 g/mol. The second-order valence-electron chi connectivity index (χ2n) is 3.77. The Hall–Kier alpha value is -2.48. The SMILES string of the molecule is C=CCNC(=O)C(C)Oc1ccc(C#N)cc1OC. The van der Waals surface area contributed by atoms with Crippen molar-refractivity contribution in [2.75, 3.05) is 13.7 Å². The number of benzene rings is 1. The second kappa shape index (κ2) is 7.07. The van der Waals surface area contributed by atoms with Crippen molar-refractivity contribution in [1.29, 1.82) is 5.26 Å². The van der Waals surface area contributed by atoms with E-state index in [0.717, 1.165) is 0 Å². The summed E-state index contributed by atoms with van der Waals surface area (Å²) in [5.74, 6) is 0.594. The molecule has 1 aromatic carbocycles. The zero-order chi connectivity index (χ0) is 14.3. The van der Waals surface area contributed by atoms with Crippen LogP contribution in [-0.4, -0.2) is 25.7 Å². The van der Waals surface area contributed by atoms with Crippen LogP contribution in [0, 0.1) is 11.3 Å². The first-order chi connectivity index (χ1) is 9.12. The molecule has 5 nitrogen and oxygen atoms in total. The quantitative estimate of drug-likeness (QED) is 0.789. The van der Waals surface area contributed by atoms with Crippen LogP contribution >= 0.6 is 0 Å². The predicted molar refractivity (Wildman–Crippen MR) is 71.0 cm³/mol. The van der Waals surface area contributed by atoms with Gasteiger partial charge in [-0.05, 0) is 19.1 Å². The number of nitrogens with zero attached hydrogens (tertiary/aromatic N) is 1. The summed E-state index contributed by atoms with van der Waals surface area (Å²) in [6.07, 6.45) is 0.925. The fourth-order valence-electron chi connectivity index (χ4n) is 1.39. The normalized spacial score (nSPS) is 11.0. The van der Waals surface area contributed by atoms with E-state index in [0.29, 0.717) is 23.6 Å². The molecule has 0 radical (unpaired) electrons. The maximum atomic E-state index is 11.7. The molecule has 19 heavy (non-hydrogen) atoms. The molecule has 0 heterocycles. The average Bonchev–Trinajstić information content (AvgIpc) is 2.44. The highest BCUT2D eigenvalue weighted by atomic mass is 16.5. The van der Waals surface area contributed by atoms with Crippen molar-refractivity contribution in [2.24, 2.45) is 0 Å². The van der Waals surface area contributed by atoms with Gasteiger partial charge in [-0.2, -0.15) is 5.26 Å². The van der Waals surface area contributed by atoms with E-state index in [1.54, 1.807) is 31.2 Å². The highest BCUT2D eigenvalue weighted by Crippen LogP contribution is 2.28. The summed E-state index contributed by atoms with van der Waals surface area (Å²) in [5.41, 5.74) is 0.466. The van der Waals surface area contributed by atoms with Gasteiger partial charge in [0.1, 0.15) is 0 Å². The van der Waals surface area contributed by atoms with Gasteiger partial charge in [0.2, 0.25) is 0 Å². The first kappa shape index (κ1) is 14.6. The molecule has 100 valence electrons. The van der Waals surface area contributed by atoms with Gasteiger partial charge in [-0.25, -0.2) is 0 Å². The molecular formula is C14H16N2O3. The molecule has 1 rings (SSSR count). The minimum Gasteiger partial charge on any atom is -0.493 e. The molecule has 5 heteroatoms. The minimum atomic E-state index is -0.665. The Balaban J connectivity index is 2.79. The molecule has 1 N–H and O–H groups in total. The summed E-state index contributed by atoms with van der Waals surface area (Å²) in [7, 11) is 1.48. The molecule has 0 aliphatic rings. The molecule has 1 atom stereocenters. The number of carbonyl (C=O) groups excluding carboxylic acids is 1. The standard InChI is InChI=1S/C14H16N2O3/c1-4-7-16-14(17)10(2)19-12-6-5-11(9-15)8-13(12)18-3/h4-6,8,10H,1,7H2,2-3H3,(H,16,17). The number of nitrogens with one attached hydrogen (secondary N) is 1. The van der Waals surface area contributed by atoms with E-state index in [4.69, 9.17) is 14.7 Å². The molecule has 1 unspecified atom stereocenters. The third-order valence-corrected chi connectivity index (χ3v) is 2.39. The molecule has 0 spiro atoms. The van der Waals surface area contributed by atoms with Crippen molar-refractivity contribution >= 4 is 5.91 Å². The van der Waals surface area contributed by atoms with Gasteiger partial charge in [0.15, 0.2) is 17.6 Å². The Kier molecular flexibility index (Phi) is 5.42. The van der Waals surface area contributed by atoms with Crippen LogP contribution in [0.3, 0.4) is 0 Å². The Morgan fingerprint density at radius 1 is 1.58 bits per heavy atom. The summed E-state index contributed by atoms with van der Waals surface area (Å²) in [6, 6.07) is 6.78. The van der Waals surface area contributed by atoms with Crippen LogP contribution in [0.2, 0.25) is 0 Å². The fraction of sp³-hybridized carbons (Fsp3) is 0.286. The zero-order valence-corrected chi connectivity index (χ0v) is 11.0. The van der Waals surface area contributed by atoms with Gasteiger partial charge in [0, 0.05) is 12.6 Å². The van der Waals surface area contributed by atoms with Crippen LogP contribution in [0.4, 0.5) is 0 Å². The van der Waals surface area contributed by atoms with Crippen LogP contribution in [0.1, 0.15) is 12.5 Å². The molecule has 0 bridgehead atoms. The summed E-state index contributed by atoms with van der Waals surface area (Å²) in [5, 5.41) is 11.4. The fourth-order valence-corrected chi connectivity index (χ4v) is 1.39. The molecule has 0 aliphatic carbocycles. The first-order valence-corrected chi connectivity index (χ1v) is 5.75. The van der Waals surface area contributed by atoms with Gasteiger partial charge >= 0.3 is 0 Å². The number of amides is 1. The van der Waals surface area contributed by atoms with Crippen LogP contribution < -0.4 is 14.8 Å². The smallest absolute Gasteiger partial charge is 0.261 e. The summed E-state index contributed by atoms with van der Waals surface area (Å²) < 4.78 is 10.6. The first-order valence-electron chi connectivity index (χ1n) is 5.75. The third-order valence-electron chi connectivity index (χ3n) is 2.39. The van der Waals surface area contributed by atoms with Crippen LogP contribution in [0.25, 0.3) is 0 Å². The lowest BCUT2D eigenvalue weighted by atomic mass is 10.2. The van der Waals surface area contributed by atoms with Gasteiger partial charge in [0.25, 0.3) is 5.91 Å². The molecule has 0 fully saturated rings. The van der Waals surface area contributed by atoms with E-state index < -0.39 is 6.10 Å². The number of carbonyl (C=O) groups is 1. The van der Waals surface area contributed by atoms with Crippen molar-refractivity contribution in [3.63, 3.8) is 0 Å². The van der Waals surface area contributed by atoms with Crippen molar-refractivity contribution in [3.8, 4) is 17.6 Å². The van der Waals surface area contributed by atoms with Gasteiger partial charge in [-0.1, -0.05) is 6.08 Å².